The number of carbonyl (C=O) groups is 1. The van der Waals surface area contributed by atoms with Gasteiger partial charge in [0.05, 0.1) is 10.9 Å². The van der Waals surface area contributed by atoms with Gasteiger partial charge in [0, 0.05) is 11.3 Å². The van der Waals surface area contributed by atoms with Crippen LogP contribution in [0, 0.1) is 5.92 Å². The zero-order valence-electron chi connectivity index (χ0n) is 9.91. The molecule has 0 saturated heterocycles. The van der Waals surface area contributed by atoms with Crippen molar-refractivity contribution in [2.75, 3.05) is 12.8 Å². The average Bonchev–Trinajstić information content (AvgIpc) is 2.74. The van der Waals surface area contributed by atoms with Crippen LogP contribution in [0.1, 0.15) is 32.6 Å². The molecule has 1 aliphatic rings. The Labute approximate surface area is 107 Å². The number of hydrogen-bond acceptors (Lipinski definition) is 3. The van der Waals surface area contributed by atoms with E-state index in [2.05, 4.69) is 11.6 Å². The topological polar surface area (TPSA) is 55.1 Å². The second kappa shape index (κ2) is 5.87. The lowest BCUT2D eigenvalue weighted by molar-refractivity contribution is -0.122. The first-order valence-electron chi connectivity index (χ1n) is 5.63. The second-order valence-corrected chi connectivity index (χ2v) is 6.18. The molecule has 0 bridgehead atoms. The van der Waals surface area contributed by atoms with Crippen molar-refractivity contribution in [3.8, 4) is 0 Å². The number of nitrogens with two attached hydrogens (primary N) is 1. The van der Waals surface area contributed by atoms with Crippen LogP contribution >= 0.6 is 24.0 Å². The van der Waals surface area contributed by atoms with Crippen molar-refractivity contribution in [2.45, 2.75) is 37.4 Å². The van der Waals surface area contributed by atoms with E-state index >= 15 is 0 Å². The van der Waals surface area contributed by atoms with E-state index in [-0.39, 0.29) is 21.6 Å². The second-order valence-electron chi connectivity index (χ2n) is 4.44. The normalized spacial score (nSPS) is 20.4. The zero-order valence-corrected chi connectivity index (χ0v) is 11.5. The van der Waals surface area contributed by atoms with Gasteiger partial charge in [-0.15, -0.1) is 0 Å². The van der Waals surface area contributed by atoms with Crippen molar-refractivity contribution in [1.82, 2.24) is 5.32 Å². The summed E-state index contributed by atoms with van der Waals surface area (Å²) in [6, 6.07) is 0. The van der Waals surface area contributed by atoms with Crippen LogP contribution in [0.3, 0.4) is 0 Å². The molecule has 0 aromatic rings. The number of thiocarbonyl (C=S) groups is 1. The fourth-order valence-corrected chi connectivity index (χ4v) is 3.02. The summed E-state index contributed by atoms with van der Waals surface area (Å²) < 4.78 is 0.242. The summed E-state index contributed by atoms with van der Waals surface area (Å²) in [6.45, 7) is 2.48. The first-order chi connectivity index (χ1) is 7.51. The predicted octanol–water partition coefficient (Wildman–Crippen LogP) is 1.70. The molecule has 16 heavy (non-hydrogen) atoms. The van der Waals surface area contributed by atoms with Gasteiger partial charge in [-0.2, -0.15) is 11.8 Å². The molecule has 0 heterocycles. The maximum atomic E-state index is 11.7. The van der Waals surface area contributed by atoms with E-state index in [9.17, 15) is 4.79 Å². The molecule has 1 fully saturated rings. The van der Waals surface area contributed by atoms with Gasteiger partial charge in [0.2, 0.25) is 5.91 Å². The lowest BCUT2D eigenvalue weighted by Gasteiger charge is -2.27. The summed E-state index contributed by atoms with van der Waals surface area (Å²) in [7, 11) is 0. The molecule has 1 amide bonds. The Kier molecular flexibility index (Phi) is 5.05. The Morgan fingerprint density at radius 1 is 1.56 bits per heavy atom. The molecule has 1 rings (SSSR count). The third-order valence-corrected chi connectivity index (χ3v) is 5.12. The molecule has 0 aliphatic heterocycles. The summed E-state index contributed by atoms with van der Waals surface area (Å²) in [4.78, 5) is 12.0. The van der Waals surface area contributed by atoms with Crippen molar-refractivity contribution >= 4 is 34.9 Å². The van der Waals surface area contributed by atoms with Crippen LogP contribution in [0.5, 0.6) is 0 Å². The van der Waals surface area contributed by atoms with Gasteiger partial charge in [-0.05, 0) is 26.0 Å². The van der Waals surface area contributed by atoms with Gasteiger partial charge in [-0.25, -0.2) is 0 Å². The predicted molar refractivity (Wildman–Crippen MR) is 73.7 cm³/mol. The highest BCUT2D eigenvalue weighted by Crippen LogP contribution is 2.39. The minimum atomic E-state index is -0.365. The first-order valence-corrected chi connectivity index (χ1v) is 7.26. The van der Waals surface area contributed by atoms with Gasteiger partial charge in [-0.3, -0.25) is 4.79 Å². The smallest absolute Gasteiger partial charge is 0.229 e. The fraction of sp³-hybridized carbons (Fsp3) is 0.818. The number of rotatable bonds is 5. The summed E-state index contributed by atoms with van der Waals surface area (Å²) >= 11 is 6.67. The van der Waals surface area contributed by atoms with Crippen LogP contribution in [0.4, 0.5) is 0 Å². The molecule has 1 atom stereocenters. The van der Waals surface area contributed by atoms with Crippen molar-refractivity contribution in [3.05, 3.63) is 0 Å². The SMILES string of the molecule is CSC1(CNC(=O)C(C)C(N)=S)CCCC1. The number of thioether (sulfide) groups is 1. The molecule has 0 aromatic heterocycles. The van der Waals surface area contributed by atoms with Crippen LogP contribution in [-0.2, 0) is 4.79 Å². The largest absolute Gasteiger partial charge is 0.393 e. The van der Waals surface area contributed by atoms with E-state index in [1.165, 1.54) is 25.7 Å². The number of amides is 1. The minimum absolute atomic E-state index is 0.0483. The monoisotopic (exact) mass is 260 g/mol. The van der Waals surface area contributed by atoms with Gasteiger partial charge in [0.1, 0.15) is 0 Å². The lowest BCUT2D eigenvalue weighted by Crippen LogP contribution is -2.43. The molecule has 1 aliphatic carbocycles. The van der Waals surface area contributed by atoms with Gasteiger partial charge in [0.25, 0.3) is 0 Å². The fourth-order valence-electron chi connectivity index (χ4n) is 2.00. The van der Waals surface area contributed by atoms with E-state index in [0.717, 1.165) is 6.54 Å². The summed E-state index contributed by atoms with van der Waals surface area (Å²) in [5.74, 6) is -0.414. The van der Waals surface area contributed by atoms with E-state index in [4.69, 9.17) is 18.0 Å². The Morgan fingerprint density at radius 2 is 2.12 bits per heavy atom. The van der Waals surface area contributed by atoms with Crippen LogP contribution in [0.15, 0.2) is 0 Å². The van der Waals surface area contributed by atoms with Crippen LogP contribution in [-0.4, -0.2) is 28.4 Å². The highest BCUT2D eigenvalue weighted by Gasteiger charge is 2.33. The molecule has 3 nitrogen and oxygen atoms in total. The molecule has 1 unspecified atom stereocenters. The molecule has 0 spiro atoms. The summed E-state index contributed by atoms with van der Waals surface area (Å²) in [5.41, 5.74) is 5.45. The Bertz CT molecular complexity index is 275. The highest BCUT2D eigenvalue weighted by molar-refractivity contribution is 8.00. The number of nitrogens with one attached hydrogen (secondary N) is 1. The molecule has 0 radical (unpaired) electrons. The van der Waals surface area contributed by atoms with Gasteiger partial charge >= 0.3 is 0 Å². The van der Waals surface area contributed by atoms with Crippen molar-refractivity contribution in [3.63, 3.8) is 0 Å². The van der Waals surface area contributed by atoms with Crippen LogP contribution in [0.25, 0.3) is 0 Å². The molecule has 5 heteroatoms. The zero-order chi connectivity index (χ0) is 12.2. The molecular formula is C11H20N2OS2. The van der Waals surface area contributed by atoms with Gasteiger partial charge < -0.3 is 11.1 Å². The van der Waals surface area contributed by atoms with E-state index < -0.39 is 0 Å². The molecule has 1 saturated carbocycles. The van der Waals surface area contributed by atoms with Crippen LogP contribution in [0.2, 0.25) is 0 Å². The summed E-state index contributed by atoms with van der Waals surface area (Å²) in [6.07, 6.45) is 7.03. The Balaban J connectivity index is 2.44. The quantitative estimate of drug-likeness (QED) is 0.739. The molecule has 0 aromatic carbocycles. The third kappa shape index (κ3) is 3.35. The Hall–Kier alpha value is -0.290. The van der Waals surface area contributed by atoms with Gasteiger partial charge in [0.15, 0.2) is 0 Å². The number of carbonyl (C=O) groups excluding carboxylic acids is 1. The maximum absolute atomic E-state index is 11.7. The average molecular weight is 260 g/mol. The first kappa shape index (κ1) is 13.8. The van der Waals surface area contributed by atoms with E-state index in [0.29, 0.717) is 0 Å². The van der Waals surface area contributed by atoms with E-state index in [1.807, 2.05) is 11.8 Å². The van der Waals surface area contributed by atoms with Crippen LogP contribution < -0.4 is 11.1 Å². The van der Waals surface area contributed by atoms with E-state index in [1.54, 1.807) is 6.92 Å². The van der Waals surface area contributed by atoms with Gasteiger partial charge in [-0.1, -0.05) is 25.1 Å². The maximum Gasteiger partial charge on any atom is 0.229 e. The lowest BCUT2D eigenvalue weighted by atomic mass is 10.1. The minimum Gasteiger partial charge on any atom is -0.393 e. The molecule has 3 N–H and O–H groups in total. The van der Waals surface area contributed by atoms with Crippen molar-refractivity contribution < 1.29 is 4.79 Å². The Morgan fingerprint density at radius 3 is 2.56 bits per heavy atom. The number of hydrogen-bond donors (Lipinski definition) is 2. The highest BCUT2D eigenvalue weighted by atomic mass is 32.2. The third-order valence-electron chi connectivity index (χ3n) is 3.35. The summed E-state index contributed by atoms with van der Waals surface area (Å²) in [5, 5.41) is 2.97. The van der Waals surface area contributed by atoms with Crippen molar-refractivity contribution in [2.24, 2.45) is 11.7 Å². The molecule has 92 valence electrons. The molecular weight excluding hydrogens is 240 g/mol. The van der Waals surface area contributed by atoms with Crippen molar-refractivity contribution in [1.29, 1.82) is 0 Å². The standard InChI is InChI=1S/C11H20N2OS2/c1-8(9(12)15)10(14)13-7-11(16-2)5-3-4-6-11/h8H,3-7H2,1-2H3,(H2,12,15)(H,13,14).